The van der Waals surface area contributed by atoms with Crippen LogP contribution in [0.1, 0.15) is 43.4 Å². The third-order valence-electron chi connectivity index (χ3n) is 6.59. The van der Waals surface area contributed by atoms with Crippen molar-refractivity contribution in [3.63, 3.8) is 0 Å². The molecule has 0 radical (unpaired) electrons. The maximum absolute atomic E-state index is 13.4. The molecular weight excluding hydrogens is 516 g/mol. The zero-order valence-electron chi connectivity index (χ0n) is 21.6. The lowest BCUT2D eigenvalue weighted by Crippen LogP contribution is -2.29. The molecule has 1 amide bonds. The number of aromatic hydroxyl groups is 1. The lowest BCUT2D eigenvalue weighted by atomic mass is 9.95. The van der Waals surface area contributed by atoms with Crippen LogP contribution < -0.4 is 14.4 Å². The van der Waals surface area contributed by atoms with Crippen molar-refractivity contribution in [2.45, 2.75) is 32.2 Å². The Balaban J connectivity index is 1.57. The number of phenols is 1. The van der Waals surface area contributed by atoms with E-state index in [0.29, 0.717) is 39.9 Å². The molecule has 200 valence electrons. The van der Waals surface area contributed by atoms with Gasteiger partial charge in [-0.25, -0.2) is 4.98 Å². The smallest absolute Gasteiger partial charge is 0.301 e. The molecule has 1 saturated heterocycles. The molecule has 9 heteroatoms. The maximum Gasteiger partial charge on any atom is 0.301 e. The summed E-state index contributed by atoms with van der Waals surface area (Å²) in [7, 11) is 1.57. The number of phenolic OH excluding ortho intramolecular Hbond substituents is 1. The van der Waals surface area contributed by atoms with Crippen molar-refractivity contribution in [3.05, 3.63) is 83.4 Å². The van der Waals surface area contributed by atoms with Crippen LogP contribution in [0.2, 0.25) is 0 Å². The van der Waals surface area contributed by atoms with E-state index in [2.05, 4.69) is 11.9 Å². The first-order valence-corrected chi connectivity index (χ1v) is 13.5. The molecule has 0 bridgehead atoms. The summed E-state index contributed by atoms with van der Waals surface area (Å²) in [5, 5.41) is 21.5. The Morgan fingerprint density at radius 1 is 1.00 bits per heavy atom. The van der Waals surface area contributed by atoms with Crippen molar-refractivity contribution >= 4 is 44.1 Å². The highest BCUT2D eigenvalue weighted by atomic mass is 32.1. The third-order valence-corrected chi connectivity index (χ3v) is 7.61. The first-order chi connectivity index (χ1) is 18.9. The number of aliphatic hydroxyl groups excluding tert-OH is 1. The van der Waals surface area contributed by atoms with Gasteiger partial charge in [-0.05, 0) is 66.6 Å². The van der Waals surface area contributed by atoms with Crippen molar-refractivity contribution < 1.29 is 29.3 Å². The lowest BCUT2D eigenvalue weighted by Gasteiger charge is -2.23. The van der Waals surface area contributed by atoms with Gasteiger partial charge in [-0.1, -0.05) is 43.2 Å². The fraction of sp³-hybridized carbons (Fsp3) is 0.233. The highest BCUT2D eigenvalue weighted by Crippen LogP contribution is 2.45. The Morgan fingerprint density at radius 2 is 1.72 bits per heavy atom. The molecule has 39 heavy (non-hydrogen) atoms. The number of unbranched alkanes of at least 4 members (excludes halogenated alkanes) is 2. The van der Waals surface area contributed by atoms with Gasteiger partial charge in [0.2, 0.25) is 0 Å². The zero-order valence-corrected chi connectivity index (χ0v) is 22.4. The minimum absolute atomic E-state index is 0.0392. The summed E-state index contributed by atoms with van der Waals surface area (Å²) >= 11 is 1.25. The number of hydrogen-bond acceptors (Lipinski definition) is 8. The number of carbonyl (C=O) groups excluding carboxylic acids is 2. The highest BCUT2D eigenvalue weighted by Gasteiger charge is 2.48. The number of Topliss-reactive ketones (excluding diaryl/α,β-unsaturated/α-hetero) is 1. The Kier molecular flexibility index (Phi) is 7.51. The Morgan fingerprint density at radius 3 is 2.41 bits per heavy atom. The molecule has 8 nitrogen and oxygen atoms in total. The summed E-state index contributed by atoms with van der Waals surface area (Å²) in [6.07, 6.45) is 3.13. The molecule has 1 aromatic heterocycles. The van der Waals surface area contributed by atoms with Crippen LogP contribution in [0.15, 0.2) is 72.3 Å². The number of nitrogens with zero attached hydrogens (tertiary/aromatic N) is 2. The number of carbonyl (C=O) groups is 2. The summed E-state index contributed by atoms with van der Waals surface area (Å²) in [6, 6.07) is 17.4. The minimum Gasteiger partial charge on any atom is -0.508 e. The number of amides is 1. The number of anilines is 1. The number of aliphatic hydroxyl groups is 1. The van der Waals surface area contributed by atoms with Crippen LogP contribution in [0, 0.1) is 0 Å². The number of benzene rings is 3. The van der Waals surface area contributed by atoms with Crippen molar-refractivity contribution in [1.29, 1.82) is 0 Å². The van der Waals surface area contributed by atoms with Gasteiger partial charge >= 0.3 is 5.91 Å². The predicted molar refractivity (Wildman–Crippen MR) is 151 cm³/mol. The van der Waals surface area contributed by atoms with Crippen molar-refractivity contribution in [2.75, 3.05) is 18.6 Å². The topological polar surface area (TPSA) is 109 Å². The SMILES string of the molecule is CCCCCOc1ccc(/C(O)=C2\C(=O)C(=O)N(c3nc4ccc(OC)cc4s3)C2c2ccc(O)cc2)cc1. The highest BCUT2D eigenvalue weighted by molar-refractivity contribution is 7.22. The molecule has 2 N–H and O–H groups in total. The van der Waals surface area contributed by atoms with E-state index in [-0.39, 0.29) is 17.1 Å². The van der Waals surface area contributed by atoms with E-state index in [4.69, 9.17) is 9.47 Å². The molecule has 0 saturated carbocycles. The number of thiazole rings is 1. The van der Waals surface area contributed by atoms with Gasteiger partial charge < -0.3 is 19.7 Å². The van der Waals surface area contributed by atoms with Gasteiger partial charge in [0, 0.05) is 5.56 Å². The molecule has 0 aliphatic carbocycles. The van der Waals surface area contributed by atoms with Crippen LogP contribution in [0.3, 0.4) is 0 Å². The van der Waals surface area contributed by atoms with E-state index >= 15 is 0 Å². The van der Waals surface area contributed by atoms with E-state index < -0.39 is 17.7 Å². The average Bonchev–Trinajstić information content (AvgIpc) is 3.49. The molecule has 4 aromatic rings. The number of aromatic nitrogens is 1. The largest absolute Gasteiger partial charge is 0.508 e. The monoisotopic (exact) mass is 544 g/mol. The predicted octanol–water partition coefficient (Wildman–Crippen LogP) is 6.21. The Hall–Kier alpha value is -4.37. The fourth-order valence-electron chi connectivity index (χ4n) is 4.53. The van der Waals surface area contributed by atoms with Crippen LogP contribution in [-0.4, -0.2) is 40.6 Å². The molecule has 1 fully saturated rings. The standard InChI is InChI=1S/C30H28N2O6S/c1-3-4-5-16-38-21-12-8-19(9-13-21)27(34)25-26(18-6-10-20(33)11-7-18)32(29(36)28(25)35)30-31-23-15-14-22(37-2)17-24(23)39-30/h6-15,17,26,33-34H,3-5,16H2,1-2H3/b27-25+. The fourth-order valence-corrected chi connectivity index (χ4v) is 5.55. The van der Waals surface area contributed by atoms with Crippen LogP contribution >= 0.6 is 11.3 Å². The summed E-state index contributed by atoms with van der Waals surface area (Å²) in [6.45, 7) is 2.72. The number of rotatable bonds is 9. The van der Waals surface area contributed by atoms with Gasteiger partial charge in [-0.2, -0.15) is 0 Å². The van der Waals surface area contributed by atoms with Gasteiger partial charge in [0.1, 0.15) is 23.0 Å². The van der Waals surface area contributed by atoms with Crippen molar-refractivity contribution in [2.24, 2.45) is 0 Å². The van der Waals surface area contributed by atoms with Gasteiger partial charge in [0.05, 0.1) is 35.5 Å². The summed E-state index contributed by atoms with van der Waals surface area (Å²) in [5.74, 6) is -0.568. The second-order valence-corrected chi connectivity index (χ2v) is 10.2. The van der Waals surface area contributed by atoms with Crippen LogP contribution in [-0.2, 0) is 9.59 Å². The van der Waals surface area contributed by atoms with E-state index in [0.717, 1.165) is 24.0 Å². The molecular formula is C30H28N2O6S. The summed E-state index contributed by atoms with van der Waals surface area (Å²) in [5.41, 5.74) is 1.52. The van der Waals surface area contributed by atoms with Gasteiger partial charge in [-0.15, -0.1) is 0 Å². The Bertz CT molecular complexity index is 1540. The number of fused-ring (bicyclic) bond motifs is 1. The van der Waals surface area contributed by atoms with E-state index in [1.54, 1.807) is 55.6 Å². The second kappa shape index (κ2) is 11.2. The summed E-state index contributed by atoms with van der Waals surface area (Å²) in [4.78, 5) is 32.8. The zero-order chi connectivity index (χ0) is 27.5. The normalized spacial score (nSPS) is 16.7. The Labute approximate surface area is 229 Å². The van der Waals surface area contributed by atoms with Gasteiger partial charge in [0.25, 0.3) is 5.78 Å². The maximum atomic E-state index is 13.4. The lowest BCUT2D eigenvalue weighted by molar-refractivity contribution is -0.132. The number of methoxy groups -OCH3 is 1. The molecule has 2 heterocycles. The first kappa shape index (κ1) is 26.2. The number of hydrogen-bond donors (Lipinski definition) is 2. The average molecular weight is 545 g/mol. The first-order valence-electron chi connectivity index (χ1n) is 12.7. The van der Waals surface area contributed by atoms with Gasteiger partial charge in [-0.3, -0.25) is 14.5 Å². The number of ether oxygens (including phenoxy) is 2. The molecule has 1 atom stereocenters. The van der Waals surface area contributed by atoms with Crippen LogP contribution in [0.25, 0.3) is 16.0 Å². The van der Waals surface area contributed by atoms with Crippen LogP contribution in [0.5, 0.6) is 17.2 Å². The van der Waals surface area contributed by atoms with E-state index in [1.165, 1.54) is 28.4 Å². The van der Waals surface area contributed by atoms with Crippen molar-refractivity contribution in [3.8, 4) is 17.2 Å². The minimum atomic E-state index is -0.946. The quantitative estimate of drug-likeness (QED) is 0.112. The molecule has 0 spiro atoms. The molecule has 5 rings (SSSR count). The second-order valence-electron chi connectivity index (χ2n) is 9.17. The van der Waals surface area contributed by atoms with E-state index in [1.807, 2.05) is 6.07 Å². The number of ketones is 1. The third kappa shape index (κ3) is 5.18. The molecule has 1 aliphatic heterocycles. The summed E-state index contributed by atoms with van der Waals surface area (Å²) < 4.78 is 11.9. The molecule has 1 unspecified atom stereocenters. The van der Waals surface area contributed by atoms with E-state index in [9.17, 15) is 19.8 Å². The van der Waals surface area contributed by atoms with Gasteiger partial charge in [0.15, 0.2) is 5.13 Å². The molecule has 1 aliphatic rings. The van der Waals surface area contributed by atoms with Crippen molar-refractivity contribution in [1.82, 2.24) is 4.98 Å². The molecule has 3 aromatic carbocycles. The van der Waals surface area contributed by atoms with Crippen LogP contribution in [0.4, 0.5) is 5.13 Å².